The number of aromatic amines is 1. The van der Waals surface area contributed by atoms with Gasteiger partial charge >= 0.3 is 0 Å². The molecule has 0 atom stereocenters. The summed E-state index contributed by atoms with van der Waals surface area (Å²) >= 11 is 0. The van der Waals surface area contributed by atoms with E-state index in [0.717, 1.165) is 11.0 Å². The Balaban J connectivity index is 1.88. The van der Waals surface area contributed by atoms with Gasteiger partial charge in [-0.25, -0.2) is 4.98 Å². The first kappa shape index (κ1) is 11.3. The van der Waals surface area contributed by atoms with Crippen LogP contribution in [0, 0.1) is 0 Å². The second-order valence-electron chi connectivity index (χ2n) is 4.16. The van der Waals surface area contributed by atoms with Crippen LogP contribution in [0.1, 0.15) is 10.4 Å². The standard InChI is InChI=1S/C12H12N6O/c1-18-11(13)8(5-16-18)12(19)17-7-2-3-9-10(4-7)15-6-14-9/h2-6H,13H2,1H3,(H,14,15)(H,17,19). The maximum absolute atomic E-state index is 12.1. The van der Waals surface area contributed by atoms with Crippen LogP contribution in [0.4, 0.5) is 11.5 Å². The third-order valence-corrected chi connectivity index (χ3v) is 2.91. The Labute approximate surface area is 108 Å². The van der Waals surface area contributed by atoms with Crippen LogP contribution < -0.4 is 11.1 Å². The number of nitrogen functional groups attached to an aromatic ring is 1. The van der Waals surface area contributed by atoms with E-state index in [1.807, 2.05) is 12.1 Å². The topological polar surface area (TPSA) is 102 Å². The van der Waals surface area contributed by atoms with Gasteiger partial charge < -0.3 is 16.0 Å². The lowest BCUT2D eigenvalue weighted by Crippen LogP contribution is -2.13. The highest BCUT2D eigenvalue weighted by molar-refractivity contribution is 6.07. The molecule has 19 heavy (non-hydrogen) atoms. The van der Waals surface area contributed by atoms with Crippen LogP contribution in [0.5, 0.6) is 0 Å². The Morgan fingerprint density at radius 1 is 1.47 bits per heavy atom. The van der Waals surface area contributed by atoms with Gasteiger partial charge in [-0.2, -0.15) is 5.10 Å². The van der Waals surface area contributed by atoms with Gasteiger partial charge in [-0.1, -0.05) is 0 Å². The highest BCUT2D eigenvalue weighted by atomic mass is 16.1. The van der Waals surface area contributed by atoms with Crippen molar-refractivity contribution >= 4 is 28.4 Å². The van der Waals surface area contributed by atoms with E-state index in [9.17, 15) is 4.79 Å². The molecule has 0 bridgehead atoms. The molecule has 0 aliphatic heterocycles. The number of hydrogen-bond donors (Lipinski definition) is 3. The number of hydrogen-bond acceptors (Lipinski definition) is 4. The molecule has 0 radical (unpaired) electrons. The number of fused-ring (bicyclic) bond motifs is 1. The van der Waals surface area contributed by atoms with Crippen molar-refractivity contribution in [3.63, 3.8) is 0 Å². The SMILES string of the molecule is Cn1ncc(C(=O)Nc2ccc3nc[nH]c3c2)c1N. The zero-order valence-corrected chi connectivity index (χ0v) is 10.2. The number of H-pyrrole nitrogens is 1. The Hall–Kier alpha value is -2.83. The second kappa shape index (κ2) is 4.13. The Kier molecular flexibility index (Phi) is 2.45. The highest BCUT2D eigenvalue weighted by Gasteiger charge is 2.13. The second-order valence-corrected chi connectivity index (χ2v) is 4.16. The Morgan fingerprint density at radius 3 is 3.05 bits per heavy atom. The molecule has 7 nitrogen and oxygen atoms in total. The zero-order valence-electron chi connectivity index (χ0n) is 10.2. The number of nitrogens with zero attached hydrogens (tertiary/aromatic N) is 3. The van der Waals surface area contributed by atoms with Crippen LogP contribution in [0.15, 0.2) is 30.7 Å². The summed E-state index contributed by atoms with van der Waals surface area (Å²) < 4.78 is 1.45. The molecule has 4 N–H and O–H groups in total. The summed E-state index contributed by atoms with van der Waals surface area (Å²) in [5.41, 5.74) is 8.48. The van der Waals surface area contributed by atoms with Crippen LogP contribution in [0.3, 0.4) is 0 Å². The van der Waals surface area contributed by atoms with Crippen LogP contribution in [-0.4, -0.2) is 25.7 Å². The summed E-state index contributed by atoms with van der Waals surface area (Å²) in [6, 6.07) is 5.43. The minimum absolute atomic E-state index is 0.288. The largest absolute Gasteiger partial charge is 0.383 e. The summed E-state index contributed by atoms with van der Waals surface area (Å²) in [4.78, 5) is 19.2. The molecule has 3 aromatic rings. The third-order valence-electron chi connectivity index (χ3n) is 2.91. The molecule has 0 saturated heterocycles. The lowest BCUT2D eigenvalue weighted by molar-refractivity contribution is 0.102. The smallest absolute Gasteiger partial charge is 0.261 e. The number of benzene rings is 1. The molecular formula is C12H12N6O. The molecule has 7 heteroatoms. The minimum Gasteiger partial charge on any atom is -0.383 e. The van der Waals surface area contributed by atoms with Crippen LogP contribution >= 0.6 is 0 Å². The van der Waals surface area contributed by atoms with Crippen LogP contribution in [0.2, 0.25) is 0 Å². The van der Waals surface area contributed by atoms with Crippen molar-refractivity contribution in [2.24, 2.45) is 7.05 Å². The van der Waals surface area contributed by atoms with Gasteiger partial charge in [0.2, 0.25) is 0 Å². The fraction of sp³-hybridized carbons (Fsp3) is 0.0833. The molecule has 0 aliphatic carbocycles. The predicted octanol–water partition coefficient (Wildman–Crippen LogP) is 1.13. The average molecular weight is 256 g/mol. The number of aryl methyl sites for hydroxylation is 1. The van der Waals surface area contributed by atoms with E-state index in [4.69, 9.17) is 5.73 Å². The van der Waals surface area contributed by atoms with Crippen molar-refractivity contribution in [2.75, 3.05) is 11.1 Å². The molecule has 0 fully saturated rings. The minimum atomic E-state index is -0.288. The van der Waals surface area contributed by atoms with E-state index in [0.29, 0.717) is 17.1 Å². The number of rotatable bonds is 2. The zero-order chi connectivity index (χ0) is 13.4. The fourth-order valence-electron chi connectivity index (χ4n) is 1.83. The van der Waals surface area contributed by atoms with Gasteiger partial charge in [-0.3, -0.25) is 9.48 Å². The molecule has 1 amide bonds. The van der Waals surface area contributed by atoms with E-state index in [1.165, 1.54) is 10.9 Å². The molecule has 0 unspecified atom stereocenters. The number of nitrogens with two attached hydrogens (primary N) is 1. The molecule has 0 spiro atoms. The van der Waals surface area contributed by atoms with Gasteiger partial charge in [0.05, 0.1) is 23.6 Å². The van der Waals surface area contributed by atoms with Crippen molar-refractivity contribution in [1.82, 2.24) is 19.7 Å². The summed E-state index contributed by atoms with van der Waals surface area (Å²) in [6.07, 6.45) is 3.05. The number of anilines is 2. The lowest BCUT2D eigenvalue weighted by Gasteiger charge is -2.04. The maximum atomic E-state index is 12.1. The molecule has 2 aromatic heterocycles. The molecule has 0 saturated carbocycles. The van der Waals surface area contributed by atoms with Crippen molar-refractivity contribution < 1.29 is 4.79 Å². The molecule has 0 aliphatic rings. The van der Waals surface area contributed by atoms with E-state index in [-0.39, 0.29) is 5.91 Å². The monoisotopic (exact) mass is 256 g/mol. The van der Waals surface area contributed by atoms with Gasteiger partial charge in [-0.05, 0) is 18.2 Å². The van der Waals surface area contributed by atoms with Gasteiger partial charge in [0.25, 0.3) is 5.91 Å². The molecule has 3 rings (SSSR count). The average Bonchev–Trinajstić information content (AvgIpc) is 2.97. The quantitative estimate of drug-likeness (QED) is 0.639. The molecule has 2 heterocycles. The van der Waals surface area contributed by atoms with Crippen molar-refractivity contribution in [2.45, 2.75) is 0 Å². The first-order chi connectivity index (χ1) is 9.15. The maximum Gasteiger partial charge on any atom is 0.261 e. The van der Waals surface area contributed by atoms with Crippen LogP contribution in [-0.2, 0) is 7.05 Å². The summed E-state index contributed by atoms with van der Waals surface area (Å²) in [5, 5.41) is 6.71. The summed E-state index contributed by atoms with van der Waals surface area (Å²) in [6.45, 7) is 0. The van der Waals surface area contributed by atoms with Crippen LogP contribution in [0.25, 0.3) is 11.0 Å². The number of carbonyl (C=O) groups excluding carboxylic acids is 1. The summed E-state index contributed by atoms with van der Waals surface area (Å²) in [7, 11) is 1.68. The first-order valence-electron chi connectivity index (χ1n) is 5.67. The number of carbonyl (C=O) groups is 1. The molecule has 1 aromatic carbocycles. The number of aromatic nitrogens is 4. The van der Waals surface area contributed by atoms with E-state index >= 15 is 0 Å². The van der Waals surface area contributed by atoms with Crippen molar-refractivity contribution in [3.05, 3.63) is 36.3 Å². The van der Waals surface area contributed by atoms with Gasteiger partial charge in [0.15, 0.2) is 0 Å². The molecule has 96 valence electrons. The van der Waals surface area contributed by atoms with E-state index in [2.05, 4.69) is 20.4 Å². The third kappa shape index (κ3) is 1.90. The Morgan fingerprint density at radius 2 is 2.32 bits per heavy atom. The fourth-order valence-corrected chi connectivity index (χ4v) is 1.83. The highest BCUT2D eigenvalue weighted by Crippen LogP contribution is 2.17. The lowest BCUT2D eigenvalue weighted by atomic mass is 10.2. The normalized spacial score (nSPS) is 10.8. The molecular weight excluding hydrogens is 244 g/mol. The number of amides is 1. The van der Waals surface area contributed by atoms with Crippen molar-refractivity contribution in [1.29, 1.82) is 0 Å². The Bertz CT molecular complexity index is 757. The number of imidazole rings is 1. The van der Waals surface area contributed by atoms with Crippen molar-refractivity contribution in [3.8, 4) is 0 Å². The predicted molar refractivity (Wildman–Crippen MR) is 71.7 cm³/mol. The summed E-state index contributed by atoms with van der Waals surface area (Å²) in [5.74, 6) is 0.0459. The number of nitrogens with one attached hydrogen (secondary N) is 2. The van der Waals surface area contributed by atoms with Gasteiger partial charge in [0, 0.05) is 12.7 Å². The first-order valence-corrected chi connectivity index (χ1v) is 5.67. The van der Waals surface area contributed by atoms with Gasteiger partial charge in [-0.15, -0.1) is 0 Å². The van der Waals surface area contributed by atoms with Gasteiger partial charge in [0.1, 0.15) is 11.4 Å². The van der Waals surface area contributed by atoms with E-state index < -0.39 is 0 Å². The van der Waals surface area contributed by atoms with E-state index in [1.54, 1.807) is 19.4 Å².